The van der Waals surface area contributed by atoms with Gasteiger partial charge in [-0.3, -0.25) is 0 Å². The van der Waals surface area contributed by atoms with Gasteiger partial charge in [-0.15, -0.1) is 0 Å². The third-order valence-corrected chi connectivity index (χ3v) is 4.58. The molecule has 0 bridgehead atoms. The van der Waals surface area contributed by atoms with Gasteiger partial charge in [0, 0.05) is 24.9 Å². The topological polar surface area (TPSA) is 21.3 Å². The Morgan fingerprint density at radius 3 is 2.82 bits per heavy atom. The molecule has 0 saturated heterocycles. The van der Waals surface area contributed by atoms with Crippen LogP contribution in [0.2, 0.25) is 0 Å². The van der Waals surface area contributed by atoms with Crippen molar-refractivity contribution in [3.8, 4) is 0 Å². The van der Waals surface area contributed by atoms with E-state index in [1.54, 1.807) is 0 Å². The Hall–Kier alpha value is -1.28. The molecule has 0 heterocycles. The van der Waals surface area contributed by atoms with E-state index >= 15 is 0 Å². The standard InChI is InChI=1S/C20H31NO/c1-5-16(2)14-21-15-20(4)12-17(3)11-19(13-20)22-18-9-7-6-8-10-18/h5,11-12,18,21H,1-2,6-10,13-15H2,3-4H3. The van der Waals surface area contributed by atoms with Crippen LogP contribution in [0.15, 0.2) is 48.3 Å². The highest BCUT2D eigenvalue weighted by atomic mass is 16.5. The molecule has 1 atom stereocenters. The first-order chi connectivity index (χ1) is 10.5. The van der Waals surface area contributed by atoms with Crippen molar-refractivity contribution >= 4 is 0 Å². The molecular formula is C20H31NO. The van der Waals surface area contributed by atoms with E-state index in [2.05, 4.69) is 44.5 Å². The summed E-state index contributed by atoms with van der Waals surface area (Å²) in [7, 11) is 0. The van der Waals surface area contributed by atoms with Gasteiger partial charge in [0.2, 0.25) is 0 Å². The van der Waals surface area contributed by atoms with Crippen LogP contribution in [0.25, 0.3) is 0 Å². The molecule has 0 aromatic carbocycles. The SMILES string of the molecule is C=CC(=C)CNCC1(C)C=C(C)C=C(OC2CCCCC2)C1. The van der Waals surface area contributed by atoms with Gasteiger partial charge in [-0.2, -0.15) is 0 Å². The van der Waals surface area contributed by atoms with Crippen molar-refractivity contribution in [2.75, 3.05) is 13.1 Å². The maximum Gasteiger partial charge on any atom is 0.0982 e. The quantitative estimate of drug-likeness (QED) is 0.675. The van der Waals surface area contributed by atoms with Crippen LogP contribution in [0.4, 0.5) is 0 Å². The van der Waals surface area contributed by atoms with Gasteiger partial charge >= 0.3 is 0 Å². The summed E-state index contributed by atoms with van der Waals surface area (Å²) in [4.78, 5) is 0. The molecular weight excluding hydrogens is 270 g/mol. The Balaban J connectivity index is 1.90. The summed E-state index contributed by atoms with van der Waals surface area (Å²) >= 11 is 0. The van der Waals surface area contributed by atoms with Gasteiger partial charge in [-0.1, -0.05) is 44.2 Å². The van der Waals surface area contributed by atoms with Crippen molar-refractivity contribution in [1.82, 2.24) is 5.32 Å². The fourth-order valence-corrected chi connectivity index (χ4v) is 3.51. The van der Waals surface area contributed by atoms with Gasteiger partial charge in [-0.05, 0) is 44.3 Å². The fourth-order valence-electron chi connectivity index (χ4n) is 3.51. The lowest BCUT2D eigenvalue weighted by Crippen LogP contribution is -2.34. The van der Waals surface area contributed by atoms with Gasteiger partial charge in [0.15, 0.2) is 0 Å². The predicted octanol–water partition coefficient (Wildman–Crippen LogP) is 4.91. The summed E-state index contributed by atoms with van der Waals surface area (Å²) in [5, 5.41) is 3.49. The van der Waals surface area contributed by atoms with Crippen LogP contribution in [-0.4, -0.2) is 19.2 Å². The third kappa shape index (κ3) is 5.17. The molecule has 0 amide bonds. The number of hydrogen-bond acceptors (Lipinski definition) is 2. The molecule has 2 aliphatic carbocycles. The summed E-state index contributed by atoms with van der Waals surface area (Å²) in [5.74, 6) is 1.17. The normalized spacial score (nSPS) is 26.1. The molecule has 122 valence electrons. The van der Waals surface area contributed by atoms with Crippen LogP contribution >= 0.6 is 0 Å². The summed E-state index contributed by atoms with van der Waals surface area (Å²) in [6.45, 7) is 13.9. The molecule has 0 spiro atoms. The molecule has 2 heteroatoms. The van der Waals surface area contributed by atoms with E-state index in [9.17, 15) is 0 Å². The third-order valence-electron chi connectivity index (χ3n) is 4.58. The number of rotatable bonds is 7. The highest BCUT2D eigenvalue weighted by Crippen LogP contribution is 2.35. The maximum atomic E-state index is 6.31. The molecule has 1 saturated carbocycles. The van der Waals surface area contributed by atoms with E-state index in [4.69, 9.17) is 4.74 Å². The molecule has 2 rings (SSSR count). The van der Waals surface area contributed by atoms with Gasteiger partial charge in [0.1, 0.15) is 0 Å². The van der Waals surface area contributed by atoms with Crippen molar-refractivity contribution in [1.29, 1.82) is 0 Å². The molecule has 1 unspecified atom stereocenters. The first-order valence-electron chi connectivity index (χ1n) is 8.58. The Labute approximate surface area is 136 Å². The minimum absolute atomic E-state index is 0.115. The number of ether oxygens (including phenoxy) is 1. The zero-order valence-electron chi connectivity index (χ0n) is 14.3. The van der Waals surface area contributed by atoms with E-state index in [-0.39, 0.29) is 5.41 Å². The lowest BCUT2D eigenvalue weighted by Gasteiger charge is -2.34. The van der Waals surface area contributed by atoms with Crippen molar-refractivity contribution in [3.05, 3.63) is 48.3 Å². The van der Waals surface area contributed by atoms with E-state index in [1.165, 1.54) is 43.4 Å². The van der Waals surface area contributed by atoms with Crippen LogP contribution < -0.4 is 5.32 Å². The summed E-state index contributed by atoms with van der Waals surface area (Å²) < 4.78 is 6.31. The zero-order chi connectivity index (χ0) is 16.0. The second-order valence-electron chi connectivity index (χ2n) is 7.17. The second-order valence-corrected chi connectivity index (χ2v) is 7.17. The molecule has 22 heavy (non-hydrogen) atoms. The van der Waals surface area contributed by atoms with Crippen LogP contribution in [0, 0.1) is 5.41 Å². The molecule has 0 aliphatic heterocycles. The van der Waals surface area contributed by atoms with Crippen LogP contribution in [0.3, 0.4) is 0 Å². The van der Waals surface area contributed by atoms with E-state index < -0.39 is 0 Å². The molecule has 0 aromatic rings. The number of allylic oxidation sites excluding steroid dienone is 3. The van der Waals surface area contributed by atoms with Crippen LogP contribution in [-0.2, 0) is 4.74 Å². The van der Waals surface area contributed by atoms with E-state index in [1.807, 2.05) is 6.08 Å². The summed E-state index contributed by atoms with van der Waals surface area (Å²) in [6, 6.07) is 0. The van der Waals surface area contributed by atoms with E-state index in [0.717, 1.165) is 25.1 Å². The van der Waals surface area contributed by atoms with Crippen LogP contribution in [0.1, 0.15) is 52.4 Å². The van der Waals surface area contributed by atoms with Crippen molar-refractivity contribution in [3.63, 3.8) is 0 Å². The first kappa shape index (κ1) is 17.1. The predicted molar refractivity (Wildman–Crippen MR) is 94.7 cm³/mol. The highest BCUT2D eigenvalue weighted by Gasteiger charge is 2.28. The Morgan fingerprint density at radius 1 is 1.41 bits per heavy atom. The molecule has 1 fully saturated rings. The second kappa shape index (κ2) is 7.82. The van der Waals surface area contributed by atoms with Gasteiger partial charge in [-0.25, -0.2) is 0 Å². The average Bonchev–Trinajstić information content (AvgIpc) is 2.47. The lowest BCUT2D eigenvalue weighted by molar-refractivity contribution is 0.0675. The van der Waals surface area contributed by atoms with Gasteiger partial charge in [0.25, 0.3) is 0 Å². The van der Waals surface area contributed by atoms with Gasteiger partial charge < -0.3 is 10.1 Å². The average molecular weight is 301 g/mol. The number of nitrogens with one attached hydrogen (secondary N) is 1. The molecule has 2 nitrogen and oxygen atoms in total. The summed E-state index contributed by atoms with van der Waals surface area (Å²) in [5.41, 5.74) is 2.46. The minimum Gasteiger partial charge on any atom is -0.495 e. The number of hydrogen-bond donors (Lipinski definition) is 1. The van der Waals surface area contributed by atoms with Crippen LogP contribution in [0.5, 0.6) is 0 Å². The highest BCUT2D eigenvalue weighted by molar-refractivity contribution is 5.28. The summed E-state index contributed by atoms with van der Waals surface area (Å²) in [6.07, 6.45) is 14.2. The Morgan fingerprint density at radius 2 is 2.14 bits per heavy atom. The smallest absolute Gasteiger partial charge is 0.0982 e. The molecule has 0 radical (unpaired) electrons. The molecule has 0 aromatic heterocycles. The van der Waals surface area contributed by atoms with Crippen molar-refractivity contribution in [2.24, 2.45) is 5.41 Å². The Kier molecular flexibility index (Phi) is 6.07. The maximum absolute atomic E-state index is 6.31. The van der Waals surface area contributed by atoms with E-state index in [0.29, 0.717) is 6.10 Å². The molecule has 1 N–H and O–H groups in total. The monoisotopic (exact) mass is 301 g/mol. The zero-order valence-corrected chi connectivity index (χ0v) is 14.3. The van der Waals surface area contributed by atoms with Gasteiger partial charge in [0.05, 0.1) is 11.9 Å². The van der Waals surface area contributed by atoms with Crippen molar-refractivity contribution in [2.45, 2.75) is 58.5 Å². The Bertz CT molecular complexity index is 468. The molecule has 2 aliphatic rings. The fraction of sp³-hybridized carbons (Fsp3) is 0.600. The van der Waals surface area contributed by atoms with Crippen molar-refractivity contribution < 1.29 is 4.74 Å². The first-order valence-corrected chi connectivity index (χ1v) is 8.58. The minimum atomic E-state index is 0.115. The lowest BCUT2D eigenvalue weighted by atomic mass is 9.80. The largest absolute Gasteiger partial charge is 0.495 e.